The van der Waals surface area contributed by atoms with Crippen molar-refractivity contribution in [2.75, 3.05) is 0 Å². The third-order valence-corrected chi connectivity index (χ3v) is 2.77. The minimum absolute atomic E-state index is 0.0330. The Labute approximate surface area is 103 Å². The first-order valence-corrected chi connectivity index (χ1v) is 5.55. The number of aromatic nitrogens is 3. The number of rotatable bonds is 3. The van der Waals surface area contributed by atoms with E-state index in [9.17, 15) is 4.39 Å². The summed E-state index contributed by atoms with van der Waals surface area (Å²) in [5.41, 5.74) is 1.93. The zero-order chi connectivity index (χ0) is 12.4. The topological polar surface area (TPSA) is 50.9 Å². The molecule has 0 saturated heterocycles. The predicted molar refractivity (Wildman–Crippen MR) is 61.6 cm³/mol. The molecule has 0 aliphatic heterocycles. The van der Waals surface area contributed by atoms with Crippen LogP contribution in [0.1, 0.15) is 18.3 Å². The molecule has 4 nitrogen and oxygen atoms in total. The second kappa shape index (κ2) is 4.81. The first-order valence-electron chi connectivity index (χ1n) is 5.17. The first-order chi connectivity index (χ1) is 8.17. The summed E-state index contributed by atoms with van der Waals surface area (Å²) < 4.78 is 14.6. The lowest BCUT2D eigenvalue weighted by atomic mass is 10.2. The van der Waals surface area contributed by atoms with Crippen molar-refractivity contribution in [1.29, 1.82) is 0 Å². The normalized spacial score (nSPS) is 10.8. The first kappa shape index (κ1) is 12.0. The molecule has 0 bridgehead atoms. The van der Waals surface area contributed by atoms with Crippen LogP contribution < -0.4 is 0 Å². The summed E-state index contributed by atoms with van der Waals surface area (Å²) in [6.45, 7) is 1.76. The van der Waals surface area contributed by atoms with Gasteiger partial charge in [0.1, 0.15) is 11.5 Å². The summed E-state index contributed by atoms with van der Waals surface area (Å²) in [5, 5.41) is 16.9. The zero-order valence-electron chi connectivity index (χ0n) is 9.19. The molecule has 6 heteroatoms. The molecule has 17 heavy (non-hydrogen) atoms. The van der Waals surface area contributed by atoms with Crippen molar-refractivity contribution < 1.29 is 9.50 Å². The molecule has 0 saturated carbocycles. The van der Waals surface area contributed by atoms with E-state index >= 15 is 0 Å². The van der Waals surface area contributed by atoms with E-state index in [1.807, 2.05) is 6.92 Å². The van der Waals surface area contributed by atoms with Crippen LogP contribution in [0.15, 0.2) is 18.2 Å². The van der Waals surface area contributed by atoms with Gasteiger partial charge in [-0.05, 0) is 24.6 Å². The van der Waals surface area contributed by atoms with Crippen LogP contribution in [0.5, 0.6) is 0 Å². The fourth-order valence-corrected chi connectivity index (χ4v) is 1.81. The Morgan fingerprint density at radius 1 is 1.47 bits per heavy atom. The highest BCUT2D eigenvalue weighted by molar-refractivity contribution is 6.30. The van der Waals surface area contributed by atoms with Crippen molar-refractivity contribution in [3.63, 3.8) is 0 Å². The third kappa shape index (κ3) is 2.16. The maximum Gasteiger partial charge on any atom is 0.141 e. The van der Waals surface area contributed by atoms with E-state index in [0.717, 1.165) is 5.69 Å². The Balaban J connectivity index is 2.52. The molecule has 0 fully saturated rings. The van der Waals surface area contributed by atoms with Gasteiger partial charge in [0.2, 0.25) is 0 Å². The van der Waals surface area contributed by atoms with Gasteiger partial charge in [0.15, 0.2) is 0 Å². The van der Waals surface area contributed by atoms with Crippen LogP contribution in [0.3, 0.4) is 0 Å². The summed E-state index contributed by atoms with van der Waals surface area (Å²) in [7, 11) is 0. The van der Waals surface area contributed by atoms with Gasteiger partial charge < -0.3 is 5.11 Å². The Morgan fingerprint density at radius 3 is 2.82 bits per heavy atom. The van der Waals surface area contributed by atoms with E-state index in [4.69, 9.17) is 16.7 Å². The SMILES string of the molecule is CCc1c(CO)nnn1-c1ccc(F)c(Cl)c1. The van der Waals surface area contributed by atoms with Crippen molar-refractivity contribution in [2.45, 2.75) is 20.0 Å². The lowest BCUT2D eigenvalue weighted by Gasteiger charge is -2.06. The molecule has 0 atom stereocenters. The van der Waals surface area contributed by atoms with Crippen LogP contribution in [-0.2, 0) is 13.0 Å². The van der Waals surface area contributed by atoms with E-state index in [1.165, 1.54) is 12.1 Å². The molecule has 2 aromatic rings. The lowest BCUT2D eigenvalue weighted by Crippen LogP contribution is -2.03. The predicted octanol–water partition coefficient (Wildman–Crippen LogP) is 2.11. The minimum Gasteiger partial charge on any atom is -0.390 e. The second-order valence-corrected chi connectivity index (χ2v) is 3.91. The Hall–Kier alpha value is -1.46. The molecule has 2 rings (SSSR count). The van der Waals surface area contributed by atoms with Crippen LogP contribution in [0.2, 0.25) is 5.02 Å². The van der Waals surface area contributed by atoms with Gasteiger partial charge in [-0.1, -0.05) is 23.7 Å². The van der Waals surface area contributed by atoms with Crippen molar-refractivity contribution in [3.05, 3.63) is 40.4 Å². The Kier molecular flexibility index (Phi) is 3.40. The fraction of sp³-hybridized carbons (Fsp3) is 0.273. The minimum atomic E-state index is -0.476. The number of aliphatic hydroxyl groups is 1. The average Bonchev–Trinajstić information content (AvgIpc) is 2.75. The monoisotopic (exact) mass is 255 g/mol. The van der Waals surface area contributed by atoms with E-state index < -0.39 is 5.82 Å². The summed E-state index contributed by atoms with van der Waals surface area (Å²) in [4.78, 5) is 0. The van der Waals surface area contributed by atoms with Gasteiger partial charge in [-0.15, -0.1) is 5.10 Å². The zero-order valence-corrected chi connectivity index (χ0v) is 9.95. The highest BCUT2D eigenvalue weighted by Gasteiger charge is 2.12. The van der Waals surface area contributed by atoms with Gasteiger partial charge in [0.25, 0.3) is 0 Å². The molecule has 90 valence electrons. The average molecular weight is 256 g/mol. The molecule has 0 amide bonds. The Morgan fingerprint density at radius 2 is 2.24 bits per heavy atom. The number of aliphatic hydroxyl groups excluding tert-OH is 1. The molecule has 0 aliphatic carbocycles. The molecule has 0 spiro atoms. The molecular weight excluding hydrogens is 245 g/mol. The van der Waals surface area contributed by atoms with Crippen LogP contribution in [0.25, 0.3) is 5.69 Å². The second-order valence-electron chi connectivity index (χ2n) is 3.50. The maximum atomic E-state index is 13.1. The number of halogens is 2. The highest BCUT2D eigenvalue weighted by atomic mass is 35.5. The van der Waals surface area contributed by atoms with Gasteiger partial charge in [0.05, 0.1) is 23.0 Å². The summed E-state index contributed by atoms with van der Waals surface area (Å²) in [6, 6.07) is 4.32. The summed E-state index contributed by atoms with van der Waals surface area (Å²) in [5.74, 6) is -0.476. The largest absolute Gasteiger partial charge is 0.390 e. The van der Waals surface area contributed by atoms with Crippen molar-refractivity contribution >= 4 is 11.6 Å². The standard InChI is InChI=1S/C11H11ClFN3O/c1-2-11-10(6-17)14-15-16(11)7-3-4-9(13)8(12)5-7/h3-5,17H,2,6H2,1H3. The number of hydrogen-bond acceptors (Lipinski definition) is 3. The van der Waals surface area contributed by atoms with E-state index in [0.29, 0.717) is 17.8 Å². The molecule has 0 aliphatic rings. The highest BCUT2D eigenvalue weighted by Crippen LogP contribution is 2.20. The Bertz CT molecular complexity index is 542. The maximum absolute atomic E-state index is 13.1. The van der Waals surface area contributed by atoms with E-state index in [1.54, 1.807) is 10.7 Å². The third-order valence-electron chi connectivity index (χ3n) is 2.48. The van der Waals surface area contributed by atoms with Crippen LogP contribution in [0, 0.1) is 5.82 Å². The van der Waals surface area contributed by atoms with Crippen molar-refractivity contribution in [3.8, 4) is 5.69 Å². The van der Waals surface area contributed by atoms with Gasteiger partial charge in [0, 0.05) is 0 Å². The van der Waals surface area contributed by atoms with Gasteiger partial charge in [-0.25, -0.2) is 9.07 Å². The summed E-state index contributed by atoms with van der Waals surface area (Å²) >= 11 is 5.71. The lowest BCUT2D eigenvalue weighted by molar-refractivity contribution is 0.275. The van der Waals surface area contributed by atoms with Crippen LogP contribution >= 0.6 is 11.6 Å². The molecule has 1 heterocycles. The van der Waals surface area contributed by atoms with Crippen molar-refractivity contribution in [1.82, 2.24) is 15.0 Å². The van der Waals surface area contributed by atoms with E-state index in [-0.39, 0.29) is 11.6 Å². The number of nitrogens with zero attached hydrogens (tertiary/aromatic N) is 3. The molecule has 1 aromatic heterocycles. The van der Waals surface area contributed by atoms with E-state index in [2.05, 4.69) is 10.3 Å². The fourth-order valence-electron chi connectivity index (χ4n) is 1.63. The molecule has 0 radical (unpaired) electrons. The van der Waals surface area contributed by atoms with Gasteiger partial charge >= 0.3 is 0 Å². The van der Waals surface area contributed by atoms with Gasteiger partial charge in [-0.2, -0.15) is 0 Å². The molecular formula is C11H11ClFN3O. The van der Waals surface area contributed by atoms with Crippen LogP contribution in [-0.4, -0.2) is 20.1 Å². The quantitative estimate of drug-likeness (QED) is 0.914. The molecule has 0 unspecified atom stereocenters. The smallest absolute Gasteiger partial charge is 0.141 e. The van der Waals surface area contributed by atoms with Crippen molar-refractivity contribution in [2.24, 2.45) is 0 Å². The molecule has 1 aromatic carbocycles. The van der Waals surface area contributed by atoms with Gasteiger partial charge in [-0.3, -0.25) is 0 Å². The molecule has 1 N–H and O–H groups in total. The summed E-state index contributed by atoms with van der Waals surface area (Å²) in [6.07, 6.45) is 0.665. The number of hydrogen-bond donors (Lipinski definition) is 1. The van der Waals surface area contributed by atoms with Crippen LogP contribution in [0.4, 0.5) is 4.39 Å². The number of benzene rings is 1.